The zero-order chi connectivity index (χ0) is 14.4. The second-order valence-electron chi connectivity index (χ2n) is 4.77. The first kappa shape index (κ1) is 14.8. The van der Waals surface area contributed by atoms with Gasteiger partial charge in [0.15, 0.2) is 0 Å². The number of β-amino-alcohol motifs (C(OH)–C–C–N with tert-alkyl or cyclic N) is 1. The van der Waals surface area contributed by atoms with Crippen LogP contribution in [0.15, 0.2) is 30.3 Å². The Labute approximate surface area is 118 Å². The van der Waals surface area contributed by atoms with Gasteiger partial charge < -0.3 is 19.6 Å². The summed E-state index contributed by atoms with van der Waals surface area (Å²) in [6, 6.07) is 9.35. The van der Waals surface area contributed by atoms with Crippen molar-refractivity contribution in [3.05, 3.63) is 35.9 Å². The summed E-state index contributed by atoms with van der Waals surface area (Å²) in [7, 11) is 1.51. The van der Waals surface area contributed by atoms with Crippen molar-refractivity contribution in [2.75, 3.05) is 20.2 Å². The van der Waals surface area contributed by atoms with Gasteiger partial charge in [-0.3, -0.25) is 0 Å². The fourth-order valence-electron chi connectivity index (χ4n) is 2.20. The maximum Gasteiger partial charge on any atom is 0.410 e. The molecule has 2 N–H and O–H groups in total. The molecule has 1 aliphatic rings. The van der Waals surface area contributed by atoms with Gasteiger partial charge >= 0.3 is 6.09 Å². The number of carbonyl (C=O) groups excluding carboxylic acids is 1. The van der Waals surface area contributed by atoms with Crippen LogP contribution in [0.2, 0.25) is 0 Å². The van der Waals surface area contributed by atoms with E-state index in [-0.39, 0.29) is 19.2 Å². The van der Waals surface area contributed by atoms with Gasteiger partial charge in [0.1, 0.15) is 6.61 Å². The minimum Gasteiger partial charge on any atom is -0.445 e. The molecule has 6 nitrogen and oxygen atoms in total. The molecule has 110 valence electrons. The summed E-state index contributed by atoms with van der Waals surface area (Å²) in [6.07, 6.45) is -0.438. The van der Waals surface area contributed by atoms with Crippen LogP contribution in [0.1, 0.15) is 12.0 Å². The molecule has 1 heterocycles. The highest BCUT2D eigenvalue weighted by Crippen LogP contribution is 2.13. The Hall–Kier alpha value is -1.63. The summed E-state index contributed by atoms with van der Waals surface area (Å²) in [4.78, 5) is 18.2. The summed E-state index contributed by atoms with van der Waals surface area (Å²) >= 11 is 0. The molecule has 2 rings (SSSR count). The Bertz CT molecular complexity index is 426. The van der Waals surface area contributed by atoms with Crippen LogP contribution >= 0.6 is 0 Å². The molecular weight excluding hydrogens is 260 g/mol. The van der Waals surface area contributed by atoms with Crippen molar-refractivity contribution in [1.29, 1.82) is 0 Å². The number of piperidine rings is 1. The molecule has 20 heavy (non-hydrogen) atoms. The molecule has 1 aromatic carbocycles. The van der Waals surface area contributed by atoms with Crippen molar-refractivity contribution in [2.45, 2.75) is 25.2 Å². The third-order valence-corrected chi connectivity index (χ3v) is 3.31. The van der Waals surface area contributed by atoms with Crippen LogP contribution in [-0.2, 0) is 16.2 Å². The molecule has 1 fully saturated rings. The van der Waals surface area contributed by atoms with Gasteiger partial charge in [0.05, 0.1) is 25.8 Å². The van der Waals surface area contributed by atoms with E-state index in [1.54, 1.807) is 0 Å². The smallest absolute Gasteiger partial charge is 0.410 e. The van der Waals surface area contributed by atoms with Gasteiger partial charge in [0.25, 0.3) is 0 Å². The highest BCUT2D eigenvalue weighted by atomic mass is 16.6. The molecule has 0 aliphatic carbocycles. The van der Waals surface area contributed by atoms with Gasteiger partial charge in [0.2, 0.25) is 0 Å². The minimum atomic E-state index is -0.659. The number of aliphatic hydroxyl groups is 1. The average molecular weight is 280 g/mol. The lowest BCUT2D eigenvalue weighted by molar-refractivity contribution is -0.0316. The van der Waals surface area contributed by atoms with Gasteiger partial charge in [0, 0.05) is 6.54 Å². The number of hydrogen-bond acceptors (Lipinski definition) is 5. The van der Waals surface area contributed by atoms with Gasteiger partial charge in [-0.25, -0.2) is 4.79 Å². The second kappa shape index (κ2) is 7.23. The molecule has 0 bridgehead atoms. The number of aliphatic hydroxyl groups excluding tert-OH is 1. The number of amides is 1. The number of hydroxylamine groups is 1. The fraction of sp³-hybridized carbons (Fsp3) is 0.500. The Kier molecular flexibility index (Phi) is 5.34. The van der Waals surface area contributed by atoms with E-state index in [0.29, 0.717) is 13.0 Å². The van der Waals surface area contributed by atoms with Gasteiger partial charge in [-0.1, -0.05) is 30.3 Å². The molecule has 1 saturated heterocycles. The monoisotopic (exact) mass is 280 g/mol. The number of ether oxygens (including phenoxy) is 1. The zero-order valence-corrected chi connectivity index (χ0v) is 11.5. The minimum absolute atomic E-state index is 0.154. The lowest BCUT2D eigenvalue weighted by Gasteiger charge is -2.35. The summed E-state index contributed by atoms with van der Waals surface area (Å²) < 4.78 is 5.24. The molecule has 1 aromatic rings. The quantitative estimate of drug-likeness (QED) is 0.802. The van der Waals surface area contributed by atoms with Crippen LogP contribution in [0, 0.1) is 0 Å². The normalized spacial score (nSPS) is 22.6. The van der Waals surface area contributed by atoms with Gasteiger partial charge in [-0.2, -0.15) is 5.48 Å². The molecule has 0 spiro atoms. The van der Waals surface area contributed by atoms with Crippen LogP contribution in [0.3, 0.4) is 0 Å². The van der Waals surface area contributed by atoms with Crippen molar-refractivity contribution in [3.8, 4) is 0 Å². The van der Waals surface area contributed by atoms with Crippen molar-refractivity contribution in [2.24, 2.45) is 0 Å². The van der Waals surface area contributed by atoms with Gasteiger partial charge in [-0.15, -0.1) is 0 Å². The van der Waals surface area contributed by atoms with Crippen molar-refractivity contribution in [3.63, 3.8) is 0 Å². The predicted molar refractivity (Wildman–Crippen MR) is 72.8 cm³/mol. The molecule has 6 heteroatoms. The molecular formula is C14H20N2O4. The lowest BCUT2D eigenvalue weighted by atomic mass is 10.0. The highest BCUT2D eigenvalue weighted by Gasteiger charge is 2.30. The van der Waals surface area contributed by atoms with E-state index in [2.05, 4.69) is 5.48 Å². The summed E-state index contributed by atoms with van der Waals surface area (Å²) in [5.41, 5.74) is 3.66. The third kappa shape index (κ3) is 3.93. The maximum absolute atomic E-state index is 11.9. The number of nitrogens with zero attached hydrogens (tertiary/aromatic N) is 1. The first-order chi connectivity index (χ1) is 9.70. The number of carbonyl (C=O) groups is 1. The molecule has 1 amide bonds. The molecule has 0 aromatic heterocycles. The molecule has 1 aliphatic heterocycles. The Morgan fingerprint density at radius 3 is 2.85 bits per heavy atom. The summed E-state index contributed by atoms with van der Waals surface area (Å²) in [6.45, 7) is 1.02. The van der Waals surface area contributed by atoms with Crippen LogP contribution < -0.4 is 5.48 Å². The predicted octanol–water partition coefficient (Wildman–Crippen LogP) is 0.909. The molecule has 2 atom stereocenters. The van der Waals surface area contributed by atoms with E-state index in [1.807, 2.05) is 30.3 Å². The Balaban J connectivity index is 1.79. The Morgan fingerprint density at radius 2 is 2.20 bits per heavy atom. The first-order valence-electron chi connectivity index (χ1n) is 6.63. The van der Waals surface area contributed by atoms with Crippen molar-refractivity contribution in [1.82, 2.24) is 10.4 Å². The van der Waals surface area contributed by atoms with E-state index in [9.17, 15) is 9.90 Å². The van der Waals surface area contributed by atoms with Crippen molar-refractivity contribution >= 4 is 6.09 Å². The van der Waals surface area contributed by atoms with E-state index in [4.69, 9.17) is 9.57 Å². The molecule has 0 radical (unpaired) electrons. The molecule has 0 saturated carbocycles. The first-order valence-corrected chi connectivity index (χ1v) is 6.63. The van der Waals surface area contributed by atoms with Crippen LogP contribution in [-0.4, -0.2) is 48.4 Å². The van der Waals surface area contributed by atoms with E-state index < -0.39 is 12.2 Å². The number of benzene rings is 1. The number of nitrogens with one attached hydrogen (secondary N) is 1. The van der Waals surface area contributed by atoms with Crippen molar-refractivity contribution < 1.29 is 19.5 Å². The van der Waals surface area contributed by atoms with E-state index in [0.717, 1.165) is 5.56 Å². The average Bonchev–Trinajstić information content (AvgIpc) is 2.48. The highest BCUT2D eigenvalue weighted by molar-refractivity contribution is 5.67. The number of rotatable bonds is 4. The van der Waals surface area contributed by atoms with Crippen LogP contribution in [0.25, 0.3) is 0 Å². The lowest BCUT2D eigenvalue weighted by Crippen LogP contribution is -2.53. The number of likely N-dealkylation sites (tertiary alicyclic amines) is 1. The largest absolute Gasteiger partial charge is 0.445 e. The SMILES string of the molecule is CON[C@H]1CCN(C(=O)OCc2ccccc2)C[C@@H]1O. The van der Waals surface area contributed by atoms with E-state index >= 15 is 0 Å². The topological polar surface area (TPSA) is 71.0 Å². The van der Waals surface area contributed by atoms with Crippen LogP contribution in [0.5, 0.6) is 0 Å². The second-order valence-corrected chi connectivity index (χ2v) is 4.77. The maximum atomic E-state index is 11.9. The summed E-state index contributed by atoms with van der Waals surface area (Å²) in [5.74, 6) is 0. The zero-order valence-electron chi connectivity index (χ0n) is 11.5. The van der Waals surface area contributed by atoms with E-state index in [1.165, 1.54) is 12.0 Å². The fourth-order valence-corrected chi connectivity index (χ4v) is 2.20. The van der Waals surface area contributed by atoms with Crippen LogP contribution in [0.4, 0.5) is 4.79 Å². The molecule has 0 unspecified atom stereocenters. The standard InChI is InChI=1S/C14H20N2O4/c1-19-15-12-7-8-16(9-13(12)17)14(18)20-10-11-5-3-2-4-6-11/h2-6,12-13,15,17H,7-10H2,1H3/t12-,13-/m0/s1. The Morgan fingerprint density at radius 1 is 1.45 bits per heavy atom. The van der Waals surface area contributed by atoms with Gasteiger partial charge in [-0.05, 0) is 12.0 Å². The summed E-state index contributed by atoms with van der Waals surface area (Å²) in [5, 5.41) is 9.91. The number of hydrogen-bond donors (Lipinski definition) is 2. The third-order valence-electron chi connectivity index (χ3n) is 3.31.